The van der Waals surface area contributed by atoms with Gasteiger partial charge in [0.05, 0.1) is 10.0 Å². The van der Waals surface area contributed by atoms with Crippen LogP contribution in [-0.2, 0) is 0 Å². The third-order valence-electron chi connectivity index (χ3n) is 2.92. The van der Waals surface area contributed by atoms with Crippen LogP contribution in [-0.4, -0.2) is 37.0 Å². The topological polar surface area (TPSA) is 32.3 Å². The van der Waals surface area contributed by atoms with Crippen molar-refractivity contribution in [2.75, 3.05) is 20.1 Å². The second kappa shape index (κ2) is 5.14. The third kappa shape index (κ3) is 2.84. The zero-order chi connectivity index (χ0) is 12.4. The van der Waals surface area contributed by atoms with E-state index in [1.165, 1.54) is 12.1 Å². The van der Waals surface area contributed by atoms with E-state index in [1.54, 1.807) is 6.07 Å². The molecule has 1 aliphatic rings. The first kappa shape index (κ1) is 12.5. The van der Waals surface area contributed by atoms with Crippen LogP contribution in [0.1, 0.15) is 16.8 Å². The van der Waals surface area contributed by atoms with Crippen LogP contribution >= 0.6 is 15.9 Å². The highest BCUT2D eigenvalue weighted by Crippen LogP contribution is 2.20. The lowest BCUT2D eigenvalue weighted by Gasteiger charge is -2.13. The molecule has 1 heterocycles. The number of likely N-dealkylation sites (tertiary alicyclic amines) is 1. The molecule has 3 nitrogen and oxygen atoms in total. The minimum absolute atomic E-state index is 0.155. The molecule has 1 atom stereocenters. The highest BCUT2D eigenvalue weighted by Gasteiger charge is 2.22. The normalized spacial score (nSPS) is 20.5. The Bertz CT molecular complexity index is 439. The SMILES string of the molecule is CN1CCC(NC(=O)c2cccc(F)c2Br)C1. The zero-order valence-corrected chi connectivity index (χ0v) is 11.1. The molecule has 92 valence electrons. The maximum absolute atomic E-state index is 13.3. The molecular weight excluding hydrogens is 287 g/mol. The lowest BCUT2D eigenvalue weighted by atomic mass is 10.2. The number of nitrogens with one attached hydrogen (secondary N) is 1. The van der Waals surface area contributed by atoms with E-state index in [9.17, 15) is 9.18 Å². The fourth-order valence-corrected chi connectivity index (χ4v) is 2.44. The van der Waals surface area contributed by atoms with E-state index in [4.69, 9.17) is 0 Å². The number of carbonyl (C=O) groups excluding carboxylic acids is 1. The van der Waals surface area contributed by atoms with Gasteiger partial charge in [0, 0.05) is 12.6 Å². The van der Waals surface area contributed by atoms with Crippen molar-refractivity contribution in [3.63, 3.8) is 0 Å². The molecule has 0 aliphatic carbocycles. The first-order chi connectivity index (χ1) is 8.08. The van der Waals surface area contributed by atoms with Crippen molar-refractivity contribution < 1.29 is 9.18 Å². The lowest BCUT2D eigenvalue weighted by Crippen LogP contribution is -2.36. The summed E-state index contributed by atoms with van der Waals surface area (Å²) in [5, 5.41) is 2.92. The number of carbonyl (C=O) groups is 1. The average Bonchev–Trinajstić information content (AvgIpc) is 2.68. The Balaban J connectivity index is 2.07. The first-order valence-corrected chi connectivity index (χ1v) is 6.30. The van der Waals surface area contributed by atoms with Gasteiger partial charge < -0.3 is 10.2 Å². The van der Waals surface area contributed by atoms with Crippen LogP contribution < -0.4 is 5.32 Å². The van der Waals surface area contributed by atoms with E-state index in [0.29, 0.717) is 5.56 Å². The maximum atomic E-state index is 13.3. The summed E-state index contributed by atoms with van der Waals surface area (Å²) in [4.78, 5) is 14.1. The molecular formula is C12H14BrFN2O. The fourth-order valence-electron chi connectivity index (χ4n) is 2.00. The molecule has 1 N–H and O–H groups in total. The molecule has 1 amide bonds. The Morgan fingerprint density at radius 3 is 3.00 bits per heavy atom. The second-order valence-electron chi connectivity index (χ2n) is 4.32. The molecule has 1 unspecified atom stereocenters. The average molecular weight is 301 g/mol. The summed E-state index contributed by atoms with van der Waals surface area (Å²) in [6.07, 6.45) is 0.940. The van der Waals surface area contributed by atoms with Crippen LogP contribution in [0.5, 0.6) is 0 Å². The standard InChI is InChI=1S/C12H14BrFN2O/c1-16-6-5-8(7-16)15-12(17)9-3-2-4-10(14)11(9)13/h2-4,8H,5-7H2,1H3,(H,15,17). The molecule has 17 heavy (non-hydrogen) atoms. The lowest BCUT2D eigenvalue weighted by molar-refractivity contribution is 0.0937. The van der Waals surface area contributed by atoms with E-state index < -0.39 is 5.82 Å². The van der Waals surface area contributed by atoms with Crippen molar-refractivity contribution in [2.45, 2.75) is 12.5 Å². The van der Waals surface area contributed by atoms with Crippen LogP contribution in [0.25, 0.3) is 0 Å². The van der Waals surface area contributed by atoms with Gasteiger partial charge in [-0.1, -0.05) is 6.07 Å². The van der Waals surface area contributed by atoms with Gasteiger partial charge in [0.1, 0.15) is 5.82 Å². The van der Waals surface area contributed by atoms with Crippen molar-refractivity contribution >= 4 is 21.8 Å². The summed E-state index contributed by atoms with van der Waals surface area (Å²) in [6, 6.07) is 4.63. The fraction of sp³-hybridized carbons (Fsp3) is 0.417. The molecule has 0 aromatic heterocycles. The van der Waals surface area contributed by atoms with E-state index >= 15 is 0 Å². The Morgan fingerprint density at radius 2 is 2.35 bits per heavy atom. The molecule has 0 bridgehead atoms. The van der Waals surface area contributed by atoms with E-state index in [-0.39, 0.29) is 16.4 Å². The minimum Gasteiger partial charge on any atom is -0.348 e. The quantitative estimate of drug-likeness (QED) is 0.906. The number of halogens is 2. The van der Waals surface area contributed by atoms with Crippen LogP contribution in [0.15, 0.2) is 22.7 Å². The predicted molar refractivity (Wildman–Crippen MR) is 67.5 cm³/mol. The Kier molecular flexibility index (Phi) is 3.79. The molecule has 0 spiro atoms. The highest BCUT2D eigenvalue weighted by molar-refractivity contribution is 9.10. The second-order valence-corrected chi connectivity index (χ2v) is 5.12. The van der Waals surface area contributed by atoms with E-state index in [0.717, 1.165) is 19.5 Å². The van der Waals surface area contributed by atoms with Gasteiger partial charge in [0.2, 0.25) is 0 Å². The Hall–Kier alpha value is -0.940. The number of likely N-dealkylation sites (N-methyl/N-ethyl adjacent to an activating group) is 1. The van der Waals surface area contributed by atoms with Crippen molar-refractivity contribution in [2.24, 2.45) is 0 Å². The summed E-state index contributed by atoms with van der Waals surface area (Å²) in [5.41, 5.74) is 0.347. The van der Waals surface area contributed by atoms with Gasteiger partial charge in [-0.3, -0.25) is 4.79 Å². The number of hydrogen-bond donors (Lipinski definition) is 1. The van der Waals surface area contributed by atoms with Gasteiger partial charge in [-0.05, 0) is 48.1 Å². The van der Waals surface area contributed by atoms with Gasteiger partial charge in [-0.25, -0.2) is 4.39 Å². The summed E-state index contributed by atoms with van der Waals surface area (Å²) in [7, 11) is 2.02. The van der Waals surface area contributed by atoms with Gasteiger partial charge in [-0.15, -0.1) is 0 Å². The van der Waals surface area contributed by atoms with E-state index in [1.807, 2.05) is 7.05 Å². The summed E-state index contributed by atoms with van der Waals surface area (Å²) >= 11 is 3.10. The smallest absolute Gasteiger partial charge is 0.252 e. The Morgan fingerprint density at radius 1 is 1.59 bits per heavy atom. The molecule has 0 radical (unpaired) electrons. The van der Waals surface area contributed by atoms with Crippen molar-refractivity contribution in [3.8, 4) is 0 Å². The van der Waals surface area contributed by atoms with Crippen LogP contribution in [0.2, 0.25) is 0 Å². The van der Waals surface area contributed by atoms with Gasteiger partial charge in [0.25, 0.3) is 5.91 Å². The van der Waals surface area contributed by atoms with Crippen molar-refractivity contribution in [3.05, 3.63) is 34.1 Å². The van der Waals surface area contributed by atoms with Gasteiger partial charge in [0.15, 0.2) is 0 Å². The minimum atomic E-state index is -0.416. The van der Waals surface area contributed by atoms with Crippen molar-refractivity contribution in [1.82, 2.24) is 10.2 Å². The summed E-state index contributed by atoms with van der Waals surface area (Å²) in [6.45, 7) is 1.83. The number of nitrogens with zero attached hydrogens (tertiary/aromatic N) is 1. The number of hydrogen-bond acceptors (Lipinski definition) is 2. The molecule has 1 aromatic carbocycles. The zero-order valence-electron chi connectivity index (χ0n) is 9.54. The summed E-state index contributed by atoms with van der Waals surface area (Å²) < 4.78 is 13.5. The maximum Gasteiger partial charge on any atom is 0.252 e. The highest BCUT2D eigenvalue weighted by atomic mass is 79.9. The van der Waals surface area contributed by atoms with Crippen LogP contribution in [0.4, 0.5) is 4.39 Å². The molecule has 2 rings (SSSR count). The van der Waals surface area contributed by atoms with Crippen LogP contribution in [0, 0.1) is 5.82 Å². The molecule has 1 saturated heterocycles. The monoisotopic (exact) mass is 300 g/mol. The number of rotatable bonds is 2. The molecule has 5 heteroatoms. The Labute approximate surface area is 108 Å². The number of amides is 1. The number of benzene rings is 1. The largest absolute Gasteiger partial charge is 0.348 e. The first-order valence-electron chi connectivity index (χ1n) is 5.51. The van der Waals surface area contributed by atoms with Crippen LogP contribution in [0.3, 0.4) is 0 Å². The molecule has 1 aliphatic heterocycles. The van der Waals surface area contributed by atoms with Gasteiger partial charge >= 0.3 is 0 Å². The van der Waals surface area contributed by atoms with E-state index in [2.05, 4.69) is 26.1 Å². The molecule has 1 aromatic rings. The molecule has 1 fully saturated rings. The molecule has 0 saturated carbocycles. The predicted octanol–water partition coefficient (Wildman–Crippen LogP) is 2.02. The third-order valence-corrected chi connectivity index (χ3v) is 3.73. The summed E-state index contributed by atoms with van der Waals surface area (Å²) in [5.74, 6) is -0.641. The van der Waals surface area contributed by atoms with Crippen molar-refractivity contribution in [1.29, 1.82) is 0 Å². The van der Waals surface area contributed by atoms with Gasteiger partial charge in [-0.2, -0.15) is 0 Å².